The Kier molecular flexibility index (Phi) is 2.14. The van der Waals surface area contributed by atoms with E-state index in [0.29, 0.717) is 0 Å². The number of benzene rings is 2. The summed E-state index contributed by atoms with van der Waals surface area (Å²) in [6.07, 6.45) is 0. The maximum absolute atomic E-state index is 5.43. The fourth-order valence-electron chi connectivity index (χ4n) is 2.45. The third kappa shape index (κ3) is 1.67. The molecule has 0 spiro atoms. The first kappa shape index (κ1) is 9.96. The third-order valence-corrected chi connectivity index (χ3v) is 3.04. The maximum Gasteiger partial charge on any atom is 0.208 e. The lowest BCUT2D eigenvalue weighted by Crippen LogP contribution is -2.30. The molecule has 17 heavy (non-hydrogen) atoms. The zero-order chi connectivity index (χ0) is 11.8. The maximum atomic E-state index is 5.43. The monoisotopic (exact) mass is 226 g/mol. The van der Waals surface area contributed by atoms with Crippen molar-refractivity contribution in [1.29, 1.82) is 0 Å². The number of hydrogen-bond donors (Lipinski definition) is 2. The van der Waals surface area contributed by atoms with Crippen molar-refractivity contribution in [2.75, 3.05) is 0 Å². The minimum atomic E-state index is 0.108. The zero-order valence-corrected chi connectivity index (χ0v) is 9.43. The standard InChI is InChI=1S/C13H14N4/c14-13(15)16-17-7-10-5-1-3-9-4-2-6-11(8-17)12(9)10/h1-6H,7-8H2,(H4,14,15,16). The Morgan fingerprint density at radius 2 is 1.59 bits per heavy atom. The van der Waals surface area contributed by atoms with Crippen LogP contribution in [0.1, 0.15) is 11.1 Å². The first-order chi connectivity index (χ1) is 8.24. The van der Waals surface area contributed by atoms with E-state index in [4.69, 9.17) is 11.5 Å². The summed E-state index contributed by atoms with van der Waals surface area (Å²) < 4.78 is 0. The largest absolute Gasteiger partial charge is 0.369 e. The Bertz CT molecular complexity index is 559. The quantitative estimate of drug-likeness (QED) is 0.569. The van der Waals surface area contributed by atoms with Crippen molar-refractivity contribution in [2.24, 2.45) is 16.6 Å². The second-order valence-electron chi connectivity index (χ2n) is 4.28. The molecule has 0 bridgehead atoms. The van der Waals surface area contributed by atoms with Gasteiger partial charge in [0, 0.05) is 0 Å². The number of rotatable bonds is 1. The average Bonchev–Trinajstić information content (AvgIpc) is 2.28. The van der Waals surface area contributed by atoms with Gasteiger partial charge in [0.1, 0.15) is 0 Å². The molecule has 0 radical (unpaired) electrons. The molecule has 0 amide bonds. The number of hydrazone groups is 1. The summed E-state index contributed by atoms with van der Waals surface area (Å²) >= 11 is 0. The van der Waals surface area contributed by atoms with Crippen LogP contribution in [-0.4, -0.2) is 11.0 Å². The van der Waals surface area contributed by atoms with Gasteiger partial charge in [-0.2, -0.15) is 0 Å². The van der Waals surface area contributed by atoms with E-state index in [0.717, 1.165) is 13.1 Å². The number of hydrogen-bond acceptors (Lipinski definition) is 2. The zero-order valence-electron chi connectivity index (χ0n) is 9.43. The molecule has 4 heteroatoms. The molecule has 2 aromatic carbocycles. The van der Waals surface area contributed by atoms with Crippen LogP contribution in [0.2, 0.25) is 0 Å². The van der Waals surface area contributed by atoms with E-state index in [9.17, 15) is 0 Å². The summed E-state index contributed by atoms with van der Waals surface area (Å²) in [6, 6.07) is 12.7. The Morgan fingerprint density at radius 1 is 1.00 bits per heavy atom. The molecule has 0 fully saturated rings. The highest BCUT2D eigenvalue weighted by atomic mass is 15.5. The molecular weight excluding hydrogens is 212 g/mol. The third-order valence-electron chi connectivity index (χ3n) is 3.04. The molecule has 2 aromatic rings. The van der Waals surface area contributed by atoms with Gasteiger partial charge in [-0.05, 0) is 21.9 Å². The number of nitrogens with zero attached hydrogens (tertiary/aromatic N) is 2. The normalized spacial score (nSPS) is 13.8. The molecule has 0 saturated heterocycles. The molecular formula is C13H14N4. The fraction of sp³-hybridized carbons (Fsp3) is 0.154. The van der Waals surface area contributed by atoms with Crippen LogP contribution < -0.4 is 11.5 Å². The minimum Gasteiger partial charge on any atom is -0.369 e. The molecule has 4 nitrogen and oxygen atoms in total. The highest BCUT2D eigenvalue weighted by molar-refractivity contribution is 5.89. The molecule has 1 aliphatic rings. The molecule has 3 rings (SSSR count). The predicted molar refractivity (Wildman–Crippen MR) is 69.0 cm³/mol. The Balaban J connectivity index is 2.14. The lowest BCUT2D eigenvalue weighted by Gasteiger charge is -2.26. The highest BCUT2D eigenvalue weighted by Crippen LogP contribution is 2.29. The summed E-state index contributed by atoms with van der Waals surface area (Å²) in [5.74, 6) is 0.108. The number of guanidine groups is 1. The van der Waals surface area contributed by atoms with Crippen molar-refractivity contribution >= 4 is 16.7 Å². The van der Waals surface area contributed by atoms with Crippen molar-refractivity contribution in [3.63, 3.8) is 0 Å². The van der Waals surface area contributed by atoms with E-state index in [1.807, 2.05) is 5.01 Å². The highest BCUT2D eigenvalue weighted by Gasteiger charge is 2.16. The van der Waals surface area contributed by atoms with Gasteiger partial charge in [0.15, 0.2) is 0 Å². The topological polar surface area (TPSA) is 67.6 Å². The van der Waals surface area contributed by atoms with Crippen molar-refractivity contribution in [1.82, 2.24) is 5.01 Å². The average molecular weight is 226 g/mol. The van der Waals surface area contributed by atoms with E-state index in [-0.39, 0.29) is 5.96 Å². The van der Waals surface area contributed by atoms with Gasteiger partial charge in [0.2, 0.25) is 5.96 Å². The summed E-state index contributed by atoms with van der Waals surface area (Å²) in [6.45, 7) is 1.51. The van der Waals surface area contributed by atoms with E-state index in [1.54, 1.807) is 0 Å². The van der Waals surface area contributed by atoms with Crippen molar-refractivity contribution in [3.05, 3.63) is 47.5 Å². The summed E-state index contributed by atoms with van der Waals surface area (Å²) in [5, 5.41) is 8.65. The van der Waals surface area contributed by atoms with E-state index in [2.05, 4.69) is 41.5 Å². The van der Waals surface area contributed by atoms with Gasteiger partial charge in [-0.3, -0.25) is 5.01 Å². The van der Waals surface area contributed by atoms with Crippen LogP contribution in [0.15, 0.2) is 41.5 Å². The minimum absolute atomic E-state index is 0.108. The predicted octanol–water partition coefficient (Wildman–Crippen LogP) is 1.34. The lowest BCUT2D eigenvalue weighted by molar-refractivity contribution is 0.265. The van der Waals surface area contributed by atoms with Crippen LogP contribution in [0, 0.1) is 0 Å². The molecule has 0 unspecified atom stereocenters. The second-order valence-corrected chi connectivity index (χ2v) is 4.28. The van der Waals surface area contributed by atoms with Gasteiger partial charge < -0.3 is 11.5 Å². The van der Waals surface area contributed by atoms with Gasteiger partial charge in [-0.15, -0.1) is 5.10 Å². The van der Waals surface area contributed by atoms with Crippen molar-refractivity contribution in [3.8, 4) is 0 Å². The molecule has 1 heterocycles. The lowest BCUT2D eigenvalue weighted by atomic mass is 9.96. The smallest absolute Gasteiger partial charge is 0.208 e. The fourth-order valence-corrected chi connectivity index (χ4v) is 2.45. The Morgan fingerprint density at radius 3 is 2.12 bits per heavy atom. The first-order valence-electron chi connectivity index (χ1n) is 5.58. The SMILES string of the molecule is NC(N)=NN1Cc2cccc3cccc(c23)C1. The van der Waals surface area contributed by atoms with Gasteiger partial charge in [0.05, 0.1) is 13.1 Å². The van der Waals surface area contributed by atoms with Crippen molar-refractivity contribution < 1.29 is 0 Å². The summed E-state index contributed by atoms with van der Waals surface area (Å²) in [4.78, 5) is 0. The van der Waals surface area contributed by atoms with Gasteiger partial charge in [0.25, 0.3) is 0 Å². The molecule has 4 N–H and O–H groups in total. The van der Waals surface area contributed by atoms with E-state index < -0.39 is 0 Å². The van der Waals surface area contributed by atoms with E-state index >= 15 is 0 Å². The van der Waals surface area contributed by atoms with Gasteiger partial charge in [-0.1, -0.05) is 36.4 Å². The Hall–Kier alpha value is -2.23. The summed E-state index contributed by atoms with van der Waals surface area (Å²) in [7, 11) is 0. The van der Waals surface area contributed by atoms with Crippen LogP contribution in [0.4, 0.5) is 0 Å². The van der Waals surface area contributed by atoms with E-state index in [1.165, 1.54) is 21.9 Å². The van der Waals surface area contributed by atoms with Crippen LogP contribution >= 0.6 is 0 Å². The van der Waals surface area contributed by atoms with Crippen LogP contribution in [0.3, 0.4) is 0 Å². The molecule has 1 aliphatic heterocycles. The molecule has 0 atom stereocenters. The molecule has 0 aliphatic carbocycles. The Labute approximate surface area is 99.5 Å². The van der Waals surface area contributed by atoms with Crippen molar-refractivity contribution in [2.45, 2.75) is 13.1 Å². The summed E-state index contributed by atoms with van der Waals surface area (Å²) in [5.41, 5.74) is 13.4. The van der Waals surface area contributed by atoms with Gasteiger partial charge >= 0.3 is 0 Å². The number of nitrogens with two attached hydrogens (primary N) is 2. The van der Waals surface area contributed by atoms with Crippen LogP contribution in [0.25, 0.3) is 10.8 Å². The molecule has 86 valence electrons. The van der Waals surface area contributed by atoms with Crippen LogP contribution in [0.5, 0.6) is 0 Å². The van der Waals surface area contributed by atoms with Gasteiger partial charge in [-0.25, -0.2) is 0 Å². The second kappa shape index (κ2) is 3.66. The molecule has 0 saturated carbocycles. The first-order valence-corrected chi connectivity index (χ1v) is 5.58. The molecule has 0 aromatic heterocycles. The van der Waals surface area contributed by atoms with Crippen LogP contribution in [-0.2, 0) is 13.1 Å².